The summed E-state index contributed by atoms with van der Waals surface area (Å²) in [7, 11) is 0. The van der Waals surface area contributed by atoms with E-state index < -0.39 is 24.5 Å². The summed E-state index contributed by atoms with van der Waals surface area (Å²) in [6.45, 7) is 0.691. The van der Waals surface area contributed by atoms with Gasteiger partial charge in [0.1, 0.15) is 0 Å². The Balaban J connectivity index is 1.83. The van der Waals surface area contributed by atoms with Crippen LogP contribution in [0.5, 0.6) is 0 Å². The van der Waals surface area contributed by atoms with Gasteiger partial charge in [0, 0.05) is 12.8 Å². The highest BCUT2D eigenvalue weighted by Crippen LogP contribution is 2.21. The van der Waals surface area contributed by atoms with Crippen LogP contribution in [0.25, 0.3) is 0 Å². The number of ketones is 1. The summed E-state index contributed by atoms with van der Waals surface area (Å²) in [5.41, 5.74) is 0. The van der Waals surface area contributed by atoms with Gasteiger partial charge in [-0.15, -0.1) is 0 Å². The van der Waals surface area contributed by atoms with E-state index in [1.54, 1.807) is 12.2 Å². The van der Waals surface area contributed by atoms with Crippen LogP contribution in [0.2, 0.25) is 0 Å². The Kier molecular flexibility index (Phi) is 6.02. The van der Waals surface area contributed by atoms with E-state index in [9.17, 15) is 14.8 Å². The quantitative estimate of drug-likeness (QED) is 0.336. The van der Waals surface area contributed by atoms with Crippen LogP contribution in [0, 0.1) is 16.7 Å². The minimum absolute atomic E-state index is 0.193. The normalized spacial score (nSPS) is 28.9. The second-order valence-corrected chi connectivity index (χ2v) is 4.71. The number of nitroso groups, excluding NO2 is 1. The van der Waals surface area contributed by atoms with Crippen LogP contribution in [0.15, 0.2) is 17.3 Å². The molecule has 1 saturated heterocycles. The number of carbonyl (C=O) groups is 1. The number of Topliss-reactive ketones (excluding diaryl/α,β-unsaturated/α-hetero) is 1. The van der Waals surface area contributed by atoms with Crippen molar-refractivity contribution in [1.82, 2.24) is 0 Å². The molecule has 7 nitrogen and oxygen atoms in total. The van der Waals surface area contributed by atoms with Gasteiger partial charge >= 0.3 is 0 Å². The summed E-state index contributed by atoms with van der Waals surface area (Å²) < 4.78 is 16.4. The molecule has 0 aromatic rings. The zero-order chi connectivity index (χ0) is 15.1. The van der Waals surface area contributed by atoms with Gasteiger partial charge in [-0.05, 0) is 5.92 Å². The van der Waals surface area contributed by atoms with Crippen molar-refractivity contribution in [2.75, 3.05) is 19.8 Å². The van der Waals surface area contributed by atoms with Gasteiger partial charge in [0.2, 0.25) is 5.78 Å². The highest BCUT2D eigenvalue weighted by Gasteiger charge is 2.28. The van der Waals surface area contributed by atoms with E-state index in [2.05, 4.69) is 17.0 Å². The van der Waals surface area contributed by atoms with Crippen molar-refractivity contribution in [1.29, 1.82) is 0 Å². The van der Waals surface area contributed by atoms with E-state index >= 15 is 0 Å². The number of aliphatic hydroxyl groups is 1. The molecule has 0 aromatic heterocycles. The monoisotopic (exact) mass is 295 g/mol. The standard InChI is InChI=1S/C14H17NO6/c16-10(9-15-18)2-1-3-13-12(17)5-4-11(21-13)8-14-19-6-7-20-14/h4-5,11-14,17H,3,6-9H2/t11-,12-,13+/m0/s1. The fourth-order valence-electron chi connectivity index (χ4n) is 2.10. The molecule has 3 atom stereocenters. The first-order chi connectivity index (χ1) is 10.2. The van der Waals surface area contributed by atoms with E-state index in [1.807, 2.05) is 0 Å². The third-order valence-corrected chi connectivity index (χ3v) is 3.11. The Bertz CT molecular complexity index is 460. The number of nitrogens with zero attached hydrogens (tertiary/aromatic N) is 1. The number of hydrogen-bond donors (Lipinski definition) is 1. The molecule has 0 radical (unpaired) electrons. The highest BCUT2D eigenvalue weighted by molar-refractivity contribution is 5.97. The van der Waals surface area contributed by atoms with Gasteiger partial charge in [-0.3, -0.25) is 4.79 Å². The van der Waals surface area contributed by atoms with Gasteiger partial charge in [0.05, 0.1) is 31.5 Å². The minimum atomic E-state index is -0.778. The Hall–Kier alpha value is -1.59. The van der Waals surface area contributed by atoms with Crippen LogP contribution in [-0.2, 0) is 19.0 Å². The maximum Gasteiger partial charge on any atom is 0.230 e. The first kappa shape index (κ1) is 15.8. The van der Waals surface area contributed by atoms with E-state index in [1.165, 1.54) is 0 Å². The third-order valence-electron chi connectivity index (χ3n) is 3.11. The van der Waals surface area contributed by atoms with Gasteiger partial charge in [0.15, 0.2) is 12.8 Å². The second-order valence-electron chi connectivity index (χ2n) is 4.71. The van der Waals surface area contributed by atoms with Gasteiger partial charge < -0.3 is 19.3 Å². The van der Waals surface area contributed by atoms with Crippen molar-refractivity contribution in [2.45, 2.75) is 37.4 Å². The van der Waals surface area contributed by atoms with Crippen molar-refractivity contribution in [2.24, 2.45) is 5.18 Å². The Morgan fingerprint density at radius 2 is 2.10 bits per heavy atom. The zero-order valence-corrected chi connectivity index (χ0v) is 11.4. The SMILES string of the molecule is O=NCC(=O)C#CC[C@H]1O[C@H](CC2OCCO2)C=C[C@@H]1O. The number of hydrogen-bond acceptors (Lipinski definition) is 7. The van der Waals surface area contributed by atoms with Crippen molar-refractivity contribution in [3.8, 4) is 11.8 Å². The number of carbonyl (C=O) groups excluding carboxylic acids is 1. The van der Waals surface area contributed by atoms with Gasteiger partial charge in [-0.25, -0.2) is 0 Å². The minimum Gasteiger partial charge on any atom is -0.386 e. The maximum absolute atomic E-state index is 11.0. The summed E-state index contributed by atoms with van der Waals surface area (Å²) in [5.74, 6) is 4.35. The first-order valence-corrected chi connectivity index (χ1v) is 6.75. The Morgan fingerprint density at radius 3 is 2.81 bits per heavy atom. The number of ether oxygens (including phenoxy) is 3. The average molecular weight is 295 g/mol. The van der Waals surface area contributed by atoms with Crippen LogP contribution in [0.1, 0.15) is 12.8 Å². The van der Waals surface area contributed by atoms with E-state index in [4.69, 9.17) is 14.2 Å². The maximum atomic E-state index is 11.0. The molecule has 0 aromatic carbocycles. The molecule has 2 rings (SSSR count). The molecular weight excluding hydrogens is 278 g/mol. The topological polar surface area (TPSA) is 94.4 Å². The fraction of sp³-hybridized carbons (Fsp3) is 0.643. The van der Waals surface area contributed by atoms with Crippen LogP contribution < -0.4 is 0 Å². The molecule has 7 heteroatoms. The smallest absolute Gasteiger partial charge is 0.230 e. The molecule has 1 N–H and O–H groups in total. The van der Waals surface area contributed by atoms with Gasteiger partial charge in [-0.1, -0.05) is 23.2 Å². The Labute approximate surface area is 122 Å². The molecule has 1 fully saturated rings. The van der Waals surface area contributed by atoms with E-state index in [-0.39, 0.29) is 18.8 Å². The molecule has 114 valence electrons. The summed E-state index contributed by atoms with van der Waals surface area (Å²) in [4.78, 5) is 20.9. The van der Waals surface area contributed by atoms with Crippen molar-refractivity contribution in [3.63, 3.8) is 0 Å². The summed E-state index contributed by atoms with van der Waals surface area (Å²) in [6.07, 6.45) is 2.33. The zero-order valence-electron chi connectivity index (χ0n) is 11.4. The largest absolute Gasteiger partial charge is 0.386 e. The lowest BCUT2D eigenvalue weighted by molar-refractivity contribution is -0.112. The summed E-state index contributed by atoms with van der Waals surface area (Å²) in [6, 6.07) is 0. The molecule has 0 bridgehead atoms. The summed E-state index contributed by atoms with van der Waals surface area (Å²) >= 11 is 0. The molecular formula is C14H17NO6. The van der Waals surface area contributed by atoms with Crippen LogP contribution in [0.3, 0.4) is 0 Å². The fourth-order valence-corrected chi connectivity index (χ4v) is 2.10. The molecule has 0 aliphatic carbocycles. The first-order valence-electron chi connectivity index (χ1n) is 6.75. The number of aliphatic hydroxyl groups excluding tert-OH is 1. The molecule has 0 spiro atoms. The third kappa shape index (κ3) is 5.02. The Morgan fingerprint density at radius 1 is 1.33 bits per heavy atom. The summed E-state index contributed by atoms with van der Waals surface area (Å²) in [5, 5.41) is 12.3. The van der Waals surface area contributed by atoms with Crippen LogP contribution in [-0.4, -0.2) is 55.3 Å². The van der Waals surface area contributed by atoms with E-state index in [0.717, 1.165) is 0 Å². The van der Waals surface area contributed by atoms with E-state index in [0.29, 0.717) is 19.6 Å². The molecule has 21 heavy (non-hydrogen) atoms. The lowest BCUT2D eigenvalue weighted by Gasteiger charge is -2.29. The molecule has 0 unspecified atom stereocenters. The van der Waals surface area contributed by atoms with Crippen LogP contribution >= 0.6 is 0 Å². The van der Waals surface area contributed by atoms with Crippen molar-refractivity contribution < 1.29 is 24.1 Å². The molecule has 2 aliphatic rings. The highest BCUT2D eigenvalue weighted by atomic mass is 16.7. The number of rotatable bonds is 5. The van der Waals surface area contributed by atoms with Crippen molar-refractivity contribution in [3.05, 3.63) is 17.1 Å². The molecule has 2 heterocycles. The van der Waals surface area contributed by atoms with Crippen LogP contribution in [0.4, 0.5) is 0 Å². The molecule has 0 amide bonds. The molecule has 0 saturated carbocycles. The van der Waals surface area contributed by atoms with Crippen molar-refractivity contribution >= 4 is 5.78 Å². The predicted octanol–water partition coefficient (Wildman–Crippen LogP) is 0.163. The molecule has 2 aliphatic heterocycles. The predicted molar refractivity (Wildman–Crippen MR) is 72.2 cm³/mol. The lowest BCUT2D eigenvalue weighted by atomic mass is 10.0. The van der Waals surface area contributed by atoms with Gasteiger partial charge in [0.25, 0.3) is 0 Å². The average Bonchev–Trinajstić information content (AvgIpc) is 2.95. The lowest BCUT2D eigenvalue weighted by Crippen LogP contribution is -2.36. The second kappa shape index (κ2) is 8.00. The van der Waals surface area contributed by atoms with Gasteiger partial charge in [-0.2, -0.15) is 4.91 Å².